The van der Waals surface area contributed by atoms with Gasteiger partial charge < -0.3 is 10.1 Å². The lowest BCUT2D eigenvalue weighted by Crippen LogP contribution is -2.52. The van der Waals surface area contributed by atoms with E-state index < -0.39 is 5.97 Å². The van der Waals surface area contributed by atoms with Gasteiger partial charge >= 0.3 is 5.97 Å². The zero-order valence-electron chi connectivity index (χ0n) is 15.4. The van der Waals surface area contributed by atoms with Gasteiger partial charge in [-0.2, -0.15) is 0 Å². The molecular weight excluding hydrogens is 444 g/mol. The number of nitrogens with zero attached hydrogens (tertiary/aromatic N) is 1. The molecule has 1 saturated heterocycles. The third-order valence-electron chi connectivity index (χ3n) is 4.37. The van der Waals surface area contributed by atoms with Gasteiger partial charge in [-0.25, -0.2) is 4.79 Å². The van der Waals surface area contributed by atoms with Crippen molar-refractivity contribution in [2.24, 2.45) is 0 Å². The summed E-state index contributed by atoms with van der Waals surface area (Å²) in [6.45, 7) is 3.36. The van der Waals surface area contributed by atoms with Crippen LogP contribution < -0.4 is 5.32 Å². The van der Waals surface area contributed by atoms with E-state index in [1.54, 1.807) is 11.5 Å². The summed E-state index contributed by atoms with van der Waals surface area (Å²) in [6, 6.07) is 7.35. The van der Waals surface area contributed by atoms with Crippen molar-refractivity contribution in [3.8, 4) is 0 Å². The molecule has 6 nitrogen and oxygen atoms in total. The van der Waals surface area contributed by atoms with E-state index >= 15 is 0 Å². The van der Waals surface area contributed by atoms with Crippen LogP contribution >= 0.6 is 27.7 Å². The molecule has 2 heterocycles. The largest absolute Gasteiger partial charge is 0.456 e. The van der Waals surface area contributed by atoms with Crippen molar-refractivity contribution in [2.45, 2.75) is 32.9 Å². The Labute approximate surface area is 175 Å². The summed E-state index contributed by atoms with van der Waals surface area (Å²) in [5, 5.41) is 4.24. The summed E-state index contributed by atoms with van der Waals surface area (Å²) >= 11 is 4.67. The molecule has 1 aromatic rings. The molecule has 1 atom stereocenters. The molecule has 2 amide bonds. The van der Waals surface area contributed by atoms with Crippen LogP contribution in [0.1, 0.15) is 25.8 Å². The second-order valence-electron chi connectivity index (χ2n) is 6.23. The molecule has 0 bridgehead atoms. The predicted molar refractivity (Wildman–Crippen MR) is 111 cm³/mol. The molecule has 0 spiro atoms. The molecule has 1 N–H and O–H groups in total. The Morgan fingerprint density at radius 1 is 1.36 bits per heavy atom. The number of hydrogen-bond acceptors (Lipinski definition) is 5. The number of nitrogens with one attached hydrogen (secondary N) is 1. The Morgan fingerprint density at radius 2 is 2.07 bits per heavy atom. The number of esters is 1. The van der Waals surface area contributed by atoms with E-state index in [0.29, 0.717) is 12.0 Å². The normalized spacial score (nSPS) is 19.8. The van der Waals surface area contributed by atoms with Crippen LogP contribution in [0, 0.1) is 0 Å². The lowest BCUT2D eigenvalue weighted by molar-refractivity contribution is -0.147. The summed E-state index contributed by atoms with van der Waals surface area (Å²) < 4.78 is 6.41. The van der Waals surface area contributed by atoms with E-state index in [1.807, 2.05) is 31.2 Å². The molecule has 2 aliphatic heterocycles. The molecule has 0 aliphatic carbocycles. The van der Waals surface area contributed by atoms with Gasteiger partial charge in [-0.15, -0.1) is 0 Å². The van der Waals surface area contributed by atoms with Crippen molar-refractivity contribution in [1.82, 2.24) is 10.2 Å². The van der Waals surface area contributed by atoms with E-state index in [0.717, 1.165) is 14.9 Å². The Kier molecular flexibility index (Phi) is 6.41. The van der Waals surface area contributed by atoms with Crippen LogP contribution in [0.15, 0.2) is 62.6 Å². The Bertz CT molecular complexity index is 905. The molecule has 2 aliphatic rings. The van der Waals surface area contributed by atoms with Crippen molar-refractivity contribution in [3.63, 3.8) is 0 Å². The van der Waals surface area contributed by atoms with Crippen LogP contribution in [0.3, 0.4) is 0 Å². The highest BCUT2D eigenvalue weighted by atomic mass is 79.9. The third-order valence-corrected chi connectivity index (χ3v) is 5.82. The lowest BCUT2D eigenvalue weighted by Gasteiger charge is -2.38. The van der Waals surface area contributed by atoms with Gasteiger partial charge in [0.05, 0.1) is 6.04 Å². The number of rotatable bonds is 6. The third kappa shape index (κ3) is 4.23. The molecule has 0 radical (unpaired) electrons. The molecular formula is C20H19BrN2O4S. The number of carbonyl (C=O) groups is 3. The molecule has 1 aromatic carbocycles. The van der Waals surface area contributed by atoms with Gasteiger partial charge in [0.15, 0.2) is 0 Å². The van der Waals surface area contributed by atoms with Gasteiger partial charge in [0.25, 0.3) is 5.91 Å². The smallest absolute Gasteiger partial charge is 0.356 e. The van der Waals surface area contributed by atoms with Crippen LogP contribution in [0.5, 0.6) is 0 Å². The van der Waals surface area contributed by atoms with Gasteiger partial charge in [0, 0.05) is 34.5 Å². The van der Waals surface area contributed by atoms with Crippen molar-refractivity contribution >= 4 is 45.5 Å². The van der Waals surface area contributed by atoms with E-state index in [-0.39, 0.29) is 30.2 Å². The monoisotopic (exact) mass is 462 g/mol. The van der Waals surface area contributed by atoms with Gasteiger partial charge in [-0.1, -0.05) is 45.9 Å². The molecule has 8 heteroatoms. The van der Waals surface area contributed by atoms with Crippen molar-refractivity contribution < 1.29 is 19.1 Å². The number of halogens is 1. The highest BCUT2D eigenvalue weighted by Gasteiger charge is 2.51. The first-order valence-electron chi connectivity index (χ1n) is 8.65. The molecule has 28 heavy (non-hydrogen) atoms. The fraction of sp³-hybridized carbons (Fsp3) is 0.250. The first-order valence-corrected chi connectivity index (χ1v) is 10.3. The van der Waals surface area contributed by atoms with Crippen LogP contribution in [-0.4, -0.2) is 28.7 Å². The Hall–Kier alpha value is -2.32. The summed E-state index contributed by atoms with van der Waals surface area (Å²) in [4.78, 5) is 38.4. The molecule has 3 rings (SSSR count). The zero-order chi connectivity index (χ0) is 20.3. The average Bonchev–Trinajstić information content (AvgIpc) is 2.99. The molecule has 0 saturated carbocycles. The average molecular weight is 463 g/mol. The topological polar surface area (TPSA) is 75.7 Å². The maximum Gasteiger partial charge on any atom is 0.356 e. The number of allylic oxidation sites excluding steroid dienone is 1. The minimum Gasteiger partial charge on any atom is -0.456 e. The fourth-order valence-corrected chi connectivity index (χ4v) is 4.17. The van der Waals surface area contributed by atoms with E-state index in [4.69, 9.17) is 4.74 Å². The number of fused-ring (bicyclic) bond motifs is 1. The van der Waals surface area contributed by atoms with Crippen LogP contribution in [0.25, 0.3) is 0 Å². The lowest BCUT2D eigenvalue weighted by atomic mass is 9.94. The summed E-state index contributed by atoms with van der Waals surface area (Å²) in [5.74, 6) is -0.865. The summed E-state index contributed by atoms with van der Waals surface area (Å²) in [7, 11) is 0. The second-order valence-corrected chi connectivity index (χ2v) is 8.15. The zero-order valence-corrected chi connectivity index (χ0v) is 17.8. The van der Waals surface area contributed by atoms with Crippen LogP contribution in [-0.2, 0) is 25.7 Å². The van der Waals surface area contributed by atoms with Gasteiger partial charge in [0.2, 0.25) is 5.91 Å². The maximum atomic E-state index is 12.8. The second kappa shape index (κ2) is 8.79. The summed E-state index contributed by atoms with van der Waals surface area (Å²) in [5.41, 5.74) is 1.85. The first-order chi connectivity index (χ1) is 13.4. The standard InChI is InChI=1S/C20H19BrN2O4S/c1-3-15-16-10-17(28-9-8-22-12(2)24)18(23(16)19(15)25)20(26)27-11-13-4-6-14(21)7-5-13/h3-9,16H,10-11H2,1-2H3,(H,22,24)/t16-/m1/s1. The highest BCUT2D eigenvalue weighted by Crippen LogP contribution is 2.46. The van der Waals surface area contributed by atoms with E-state index in [9.17, 15) is 14.4 Å². The summed E-state index contributed by atoms with van der Waals surface area (Å²) in [6.07, 6.45) is 3.86. The number of β-lactam (4-membered cyclic amide) rings is 1. The van der Waals surface area contributed by atoms with Gasteiger partial charge in [-0.05, 0) is 30.0 Å². The first kappa shape index (κ1) is 20.4. The molecule has 1 fully saturated rings. The SMILES string of the molecule is CC=C1C(=O)N2C(C(=O)OCc3ccc(Br)cc3)=C(SC=CNC(C)=O)C[C@H]12. The van der Waals surface area contributed by atoms with Gasteiger partial charge in [0.1, 0.15) is 12.3 Å². The number of hydrogen-bond donors (Lipinski definition) is 1. The minimum absolute atomic E-state index is 0.121. The highest BCUT2D eigenvalue weighted by molar-refractivity contribution is 9.10. The number of ether oxygens (including phenoxy) is 1. The number of benzene rings is 1. The Balaban J connectivity index is 1.75. The molecule has 146 valence electrons. The predicted octanol–water partition coefficient (Wildman–Crippen LogP) is 3.61. The minimum atomic E-state index is -0.524. The fourth-order valence-electron chi connectivity index (χ4n) is 3.06. The van der Waals surface area contributed by atoms with E-state index in [2.05, 4.69) is 21.2 Å². The van der Waals surface area contributed by atoms with Gasteiger partial charge in [-0.3, -0.25) is 14.5 Å². The van der Waals surface area contributed by atoms with Crippen molar-refractivity contribution in [2.75, 3.05) is 0 Å². The maximum absolute atomic E-state index is 12.8. The quantitative estimate of drug-likeness (QED) is 0.397. The van der Waals surface area contributed by atoms with E-state index in [1.165, 1.54) is 29.8 Å². The number of thioether (sulfide) groups is 1. The van der Waals surface area contributed by atoms with Crippen LogP contribution in [0.2, 0.25) is 0 Å². The number of carbonyl (C=O) groups excluding carboxylic acids is 3. The van der Waals surface area contributed by atoms with Crippen LogP contribution in [0.4, 0.5) is 0 Å². The van der Waals surface area contributed by atoms with Crippen molar-refractivity contribution in [1.29, 1.82) is 0 Å². The molecule has 0 aromatic heterocycles. The van der Waals surface area contributed by atoms with Crippen molar-refractivity contribution in [3.05, 3.63) is 68.2 Å². The number of amides is 2. The molecule has 0 unspecified atom stereocenters. The Morgan fingerprint density at radius 3 is 2.71 bits per heavy atom.